The molecule has 2 amide bonds. The van der Waals surface area contributed by atoms with Crippen LogP contribution in [0, 0.1) is 5.82 Å². The fourth-order valence-corrected chi connectivity index (χ4v) is 2.66. The van der Waals surface area contributed by atoms with E-state index in [1.54, 1.807) is 37.5 Å². The maximum absolute atomic E-state index is 13.9. The molecule has 1 saturated carbocycles. The average Bonchev–Trinajstić information content (AvgIpc) is 2.91. The van der Waals surface area contributed by atoms with Gasteiger partial charge in [-0.2, -0.15) is 5.10 Å². The fraction of sp³-hybridized carbons (Fsp3) is 0.353. The Labute approximate surface area is 139 Å². The Balaban J connectivity index is 1.74. The molecule has 1 N–H and O–H groups in total. The van der Waals surface area contributed by atoms with Crippen molar-refractivity contribution in [1.29, 1.82) is 0 Å². The Morgan fingerprint density at radius 3 is 2.67 bits per heavy atom. The quantitative estimate of drug-likeness (QED) is 0.873. The van der Waals surface area contributed by atoms with E-state index in [1.807, 2.05) is 0 Å². The van der Waals surface area contributed by atoms with Crippen molar-refractivity contribution < 1.29 is 14.0 Å². The van der Waals surface area contributed by atoms with Crippen LogP contribution in [0.15, 0.2) is 36.5 Å². The third-order valence-electron chi connectivity index (χ3n) is 4.22. The summed E-state index contributed by atoms with van der Waals surface area (Å²) in [6, 6.07) is 7.89. The van der Waals surface area contributed by atoms with Gasteiger partial charge in [0, 0.05) is 37.5 Å². The van der Waals surface area contributed by atoms with Crippen LogP contribution < -0.4 is 5.32 Å². The highest BCUT2D eigenvalue weighted by Crippen LogP contribution is 2.27. The van der Waals surface area contributed by atoms with E-state index >= 15 is 0 Å². The van der Waals surface area contributed by atoms with E-state index in [0.717, 1.165) is 19.3 Å². The Morgan fingerprint density at radius 2 is 2.08 bits per heavy atom. The van der Waals surface area contributed by atoms with E-state index in [-0.39, 0.29) is 18.4 Å². The van der Waals surface area contributed by atoms with Gasteiger partial charge in [0.1, 0.15) is 5.82 Å². The van der Waals surface area contributed by atoms with Crippen LogP contribution in [0.3, 0.4) is 0 Å². The first-order chi connectivity index (χ1) is 11.5. The van der Waals surface area contributed by atoms with Crippen molar-refractivity contribution in [2.45, 2.75) is 31.8 Å². The summed E-state index contributed by atoms with van der Waals surface area (Å²) in [6.45, 7) is 0.0891. The van der Waals surface area contributed by atoms with Gasteiger partial charge in [-0.15, -0.1) is 0 Å². The summed E-state index contributed by atoms with van der Waals surface area (Å²) < 4.78 is 15.4. The molecule has 1 aromatic heterocycles. The highest BCUT2D eigenvalue weighted by molar-refractivity contribution is 6.39. The molecule has 7 heteroatoms. The molecule has 1 aliphatic carbocycles. The molecule has 0 unspecified atom stereocenters. The van der Waals surface area contributed by atoms with Crippen molar-refractivity contribution in [3.8, 4) is 0 Å². The van der Waals surface area contributed by atoms with Crippen LogP contribution in [0.4, 0.5) is 10.2 Å². The van der Waals surface area contributed by atoms with Crippen LogP contribution >= 0.6 is 0 Å². The number of nitrogens with one attached hydrogen (secondary N) is 1. The summed E-state index contributed by atoms with van der Waals surface area (Å²) in [5.41, 5.74) is 0.406. The summed E-state index contributed by atoms with van der Waals surface area (Å²) in [5.74, 6) is -1.47. The summed E-state index contributed by atoms with van der Waals surface area (Å²) in [4.78, 5) is 26.3. The highest BCUT2D eigenvalue weighted by Gasteiger charge is 2.33. The largest absolute Gasteiger partial charge is 0.327 e. The molecule has 0 atom stereocenters. The van der Waals surface area contributed by atoms with Gasteiger partial charge in [-0.1, -0.05) is 18.2 Å². The molecule has 6 nitrogen and oxygen atoms in total. The number of carbonyl (C=O) groups is 2. The number of aromatic nitrogens is 2. The lowest BCUT2D eigenvalue weighted by Gasteiger charge is -2.37. The molecular weight excluding hydrogens is 311 g/mol. The molecule has 1 aromatic carbocycles. The van der Waals surface area contributed by atoms with Crippen molar-refractivity contribution in [2.24, 2.45) is 7.05 Å². The van der Waals surface area contributed by atoms with E-state index in [1.165, 1.54) is 15.6 Å². The molecule has 24 heavy (non-hydrogen) atoms. The molecule has 1 aliphatic rings. The maximum atomic E-state index is 13.9. The van der Waals surface area contributed by atoms with Crippen LogP contribution in [0.2, 0.25) is 0 Å². The molecule has 0 aliphatic heterocycles. The van der Waals surface area contributed by atoms with Crippen LogP contribution in [-0.2, 0) is 23.2 Å². The van der Waals surface area contributed by atoms with Gasteiger partial charge in [0.15, 0.2) is 5.82 Å². The molecule has 1 fully saturated rings. The Bertz CT molecular complexity index is 755. The second-order valence-corrected chi connectivity index (χ2v) is 5.94. The molecule has 2 aromatic rings. The number of benzene rings is 1. The van der Waals surface area contributed by atoms with Gasteiger partial charge in [-0.05, 0) is 25.3 Å². The smallest absolute Gasteiger partial charge is 0.315 e. The van der Waals surface area contributed by atoms with Crippen LogP contribution in [0.1, 0.15) is 24.8 Å². The Hall–Kier alpha value is -2.70. The highest BCUT2D eigenvalue weighted by atomic mass is 19.1. The summed E-state index contributed by atoms with van der Waals surface area (Å²) in [5, 5.41) is 6.51. The van der Waals surface area contributed by atoms with Crippen molar-refractivity contribution >= 4 is 17.6 Å². The monoisotopic (exact) mass is 330 g/mol. The predicted molar refractivity (Wildman–Crippen MR) is 86.4 cm³/mol. The summed E-state index contributed by atoms with van der Waals surface area (Å²) in [7, 11) is 1.72. The van der Waals surface area contributed by atoms with E-state index in [9.17, 15) is 14.0 Å². The van der Waals surface area contributed by atoms with E-state index in [2.05, 4.69) is 10.4 Å². The number of amides is 2. The van der Waals surface area contributed by atoms with E-state index < -0.39 is 11.8 Å². The zero-order valence-electron chi connectivity index (χ0n) is 13.4. The first-order valence-corrected chi connectivity index (χ1v) is 7.89. The molecule has 0 saturated heterocycles. The maximum Gasteiger partial charge on any atom is 0.315 e. The van der Waals surface area contributed by atoms with Gasteiger partial charge in [0.25, 0.3) is 0 Å². The van der Waals surface area contributed by atoms with Gasteiger partial charge in [0.05, 0.1) is 0 Å². The van der Waals surface area contributed by atoms with Crippen molar-refractivity contribution in [3.63, 3.8) is 0 Å². The van der Waals surface area contributed by atoms with E-state index in [0.29, 0.717) is 11.4 Å². The first kappa shape index (κ1) is 16.2. The third kappa shape index (κ3) is 3.45. The molecule has 1 heterocycles. The van der Waals surface area contributed by atoms with E-state index in [4.69, 9.17) is 0 Å². The summed E-state index contributed by atoms with van der Waals surface area (Å²) >= 11 is 0. The second kappa shape index (κ2) is 6.82. The van der Waals surface area contributed by atoms with Crippen LogP contribution in [0.5, 0.6) is 0 Å². The molecule has 0 bridgehead atoms. The second-order valence-electron chi connectivity index (χ2n) is 5.94. The lowest BCUT2D eigenvalue weighted by molar-refractivity contribution is -0.146. The molecule has 3 rings (SSSR count). The van der Waals surface area contributed by atoms with Crippen LogP contribution in [0.25, 0.3) is 0 Å². The fourth-order valence-electron chi connectivity index (χ4n) is 2.66. The minimum absolute atomic E-state index is 0.0217. The number of halogens is 1. The Kier molecular flexibility index (Phi) is 4.59. The topological polar surface area (TPSA) is 67.2 Å². The minimum atomic E-state index is -0.753. The molecule has 126 valence electrons. The van der Waals surface area contributed by atoms with Gasteiger partial charge in [-0.3, -0.25) is 14.3 Å². The molecule has 0 spiro atoms. The predicted octanol–water partition coefficient (Wildman–Crippen LogP) is 2.08. The zero-order valence-corrected chi connectivity index (χ0v) is 13.4. The van der Waals surface area contributed by atoms with Crippen molar-refractivity contribution in [2.75, 3.05) is 5.32 Å². The molecule has 0 radical (unpaired) electrons. The normalized spacial score (nSPS) is 14.1. The van der Waals surface area contributed by atoms with Crippen molar-refractivity contribution in [1.82, 2.24) is 14.7 Å². The summed E-state index contributed by atoms with van der Waals surface area (Å²) in [6.07, 6.45) is 4.34. The van der Waals surface area contributed by atoms with Crippen LogP contribution in [-0.4, -0.2) is 32.5 Å². The lowest BCUT2D eigenvalue weighted by Crippen LogP contribution is -2.48. The van der Waals surface area contributed by atoms with Gasteiger partial charge in [-0.25, -0.2) is 4.39 Å². The first-order valence-electron chi connectivity index (χ1n) is 7.89. The minimum Gasteiger partial charge on any atom is -0.327 e. The number of hydrogen-bond donors (Lipinski definition) is 1. The van der Waals surface area contributed by atoms with Crippen molar-refractivity contribution in [3.05, 3.63) is 47.9 Å². The van der Waals surface area contributed by atoms with Gasteiger partial charge >= 0.3 is 11.8 Å². The van der Waals surface area contributed by atoms with Gasteiger partial charge < -0.3 is 10.2 Å². The number of rotatable bonds is 4. The lowest BCUT2D eigenvalue weighted by atomic mass is 9.91. The number of carbonyl (C=O) groups excluding carboxylic acids is 2. The average molecular weight is 330 g/mol. The number of aryl methyl sites for hydroxylation is 1. The van der Waals surface area contributed by atoms with Gasteiger partial charge in [0.2, 0.25) is 0 Å². The number of hydrogen-bond acceptors (Lipinski definition) is 3. The standard InChI is InChI=1S/C17H19FN4O2/c1-21-10-9-15(20-21)19-16(23)17(24)22(13-6-4-7-13)11-12-5-2-3-8-14(12)18/h2-3,5,8-10,13H,4,6-7,11H2,1H3,(H,19,20,23). The number of anilines is 1. The number of nitrogens with zero attached hydrogens (tertiary/aromatic N) is 3. The SMILES string of the molecule is Cn1ccc(NC(=O)C(=O)N(Cc2ccccc2F)C2CCC2)n1. The zero-order chi connectivity index (χ0) is 17.1. The molecular formula is C17H19FN4O2. The Morgan fingerprint density at radius 1 is 1.33 bits per heavy atom. The third-order valence-corrected chi connectivity index (χ3v) is 4.22.